The summed E-state index contributed by atoms with van der Waals surface area (Å²) >= 11 is 5.60. The number of rotatable bonds is 6. The van der Waals surface area contributed by atoms with Gasteiger partial charge in [-0.3, -0.25) is 9.69 Å². The van der Waals surface area contributed by atoms with Gasteiger partial charge in [-0.05, 0) is 44.3 Å². The van der Waals surface area contributed by atoms with Gasteiger partial charge in [0.1, 0.15) is 5.76 Å². The highest BCUT2D eigenvalue weighted by atomic mass is 35.5. The molecule has 0 aliphatic carbocycles. The van der Waals surface area contributed by atoms with Gasteiger partial charge in [-0.25, -0.2) is 4.98 Å². The SMILES string of the molecule is Cc1oc(-c2ccccc2)nc1CN(C)CC(=O)Nc1ccc(Cl)c(C(F)(F)F)c1. The van der Waals surface area contributed by atoms with E-state index in [9.17, 15) is 18.0 Å². The van der Waals surface area contributed by atoms with Crippen molar-refractivity contribution in [1.29, 1.82) is 0 Å². The van der Waals surface area contributed by atoms with Gasteiger partial charge >= 0.3 is 6.18 Å². The van der Waals surface area contributed by atoms with E-state index in [0.29, 0.717) is 23.9 Å². The first kappa shape index (κ1) is 21.9. The summed E-state index contributed by atoms with van der Waals surface area (Å²) in [5.74, 6) is 0.660. The Kier molecular flexibility index (Phi) is 6.48. The maximum atomic E-state index is 13.0. The van der Waals surface area contributed by atoms with Gasteiger partial charge in [0.05, 0.1) is 22.8 Å². The molecule has 0 saturated carbocycles. The van der Waals surface area contributed by atoms with Crippen LogP contribution in [0.3, 0.4) is 0 Å². The number of nitrogens with one attached hydrogen (secondary N) is 1. The molecule has 0 saturated heterocycles. The number of carbonyl (C=O) groups excluding carboxylic acids is 1. The third kappa shape index (κ3) is 5.40. The predicted molar refractivity (Wildman–Crippen MR) is 108 cm³/mol. The molecule has 1 N–H and O–H groups in total. The molecule has 0 aliphatic heterocycles. The minimum atomic E-state index is -4.60. The Bertz CT molecular complexity index is 1040. The normalized spacial score (nSPS) is 11.7. The summed E-state index contributed by atoms with van der Waals surface area (Å²) in [6.07, 6.45) is -4.60. The molecule has 3 aromatic rings. The van der Waals surface area contributed by atoms with Crippen LogP contribution in [-0.4, -0.2) is 29.4 Å². The molecule has 0 fully saturated rings. The zero-order valence-corrected chi connectivity index (χ0v) is 17.0. The second-order valence-corrected chi connectivity index (χ2v) is 7.21. The first-order chi connectivity index (χ1) is 14.1. The van der Waals surface area contributed by atoms with E-state index in [0.717, 1.165) is 17.7 Å². The van der Waals surface area contributed by atoms with Gasteiger partial charge in [0.2, 0.25) is 11.8 Å². The first-order valence-electron chi connectivity index (χ1n) is 9.00. The number of aromatic nitrogens is 1. The lowest BCUT2D eigenvalue weighted by Gasteiger charge is -2.16. The van der Waals surface area contributed by atoms with Crippen LogP contribution in [0.1, 0.15) is 17.0 Å². The molecule has 5 nitrogen and oxygen atoms in total. The monoisotopic (exact) mass is 437 g/mol. The predicted octanol–water partition coefficient (Wildman–Crippen LogP) is 5.39. The zero-order valence-electron chi connectivity index (χ0n) is 16.3. The minimum Gasteiger partial charge on any atom is -0.441 e. The van der Waals surface area contributed by atoms with Crippen molar-refractivity contribution in [3.8, 4) is 11.5 Å². The lowest BCUT2D eigenvalue weighted by atomic mass is 10.2. The molecule has 0 unspecified atom stereocenters. The van der Waals surface area contributed by atoms with Crippen LogP contribution < -0.4 is 5.32 Å². The van der Waals surface area contributed by atoms with Crippen LogP contribution in [-0.2, 0) is 17.5 Å². The Balaban J connectivity index is 1.62. The molecule has 3 rings (SSSR count). The highest BCUT2D eigenvalue weighted by molar-refractivity contribution is 6.31. The summed E-state index contributed by atoms with van der Waals surface area (Å²) in [5, 5.41) is 2.04. The average Bonchev–Trinajstić information content (AvgIpc) is 3.03. The van der Waals surface area contributed by atoms with Crippen molar-refractivity contribution in [2.24, 2.45) is 0 Å². The largest absolute Gasteiger partial charge is 0.441 e. The number of benzene rings is 2. The topological polar surface area (TPSA) is 58.4 Å². The molecule has 0 spiro atoms. The maximum absolute atomic E-state index is 13.0. The number of oxazole rings is 1. The number of halogens is 4. The van der Waals surface area contributed by atoms with Crippen molar-refractivity contribution in [3.05, 3.63) is 70.6 Å². The van der Waals surface area contributed by atoms with Gasteiger partial charge in [-0.1, -0.05) is 29.8 Å². The van der Waals surface area contributed by atoms with Crippen molar-refractivity contribution in [2.75, 3.05) is 18.9 Å². The Labute approximate surface area is 176 Å². The highest BCUT2D eigenvalue weighted by Gasteiger charge is 2.33. The van der Waals surface area contributed by atoms with Crippen LogP contribution in [0.4, 0.5) is 18.9 Å². The molecular formula is C21H19ClF3N3O2. The second-order valence-electron chi connectivity index (χ2n) is 6.80. The van der Waals surface area contributed by atoms with E-state index in [-0.39, 0.29) is 12.2 Å². The summed E-state index contributed by atoms with van der Waals surface area (Å²) < 4.78 is 44.6. The van der Waals surface area contributed by atoms with Crippen molar-refractivity contribution in [1.82, 2.24) is 9.88 Å². The van der Waals surface area contributed by atoms with Gasteiger partial charge in [-0.2, -0.15) is 13.2 Å². The molecule has 0 atom stereocenters. The Hall–Kier alpha value is -2.84. The van der Waals surface area contributed by atoms with E-state index in [4.69, 9.17) is 16.0 Å². The van der Waals surface area contributed by atoms with Gasteiger partial charge in [0, 0.05) is 17.8 Å². The number of anilines is 1. The molecule has 0 bridgehead atoms. The zero-order chi connectivity index (χ0) is 21.9. The lowest BCUT2D eigenvalue weighted by molar-refractivity contribution is -0.137. The summed E-state index contributed by atoms with van der Waals surface area (Å²) in [7, 11) is 1.71. The van der Waals surface area contributed by atoms with Gasteiger partial charge in [-0.15, -0.1) is 0 Å². The van der Waals surface area contributed by atoms with Crippen LogP contribution in [0, 0.1) is 6.92 Å². The molecule has 9 heteroatoms. The number of amides is 1. The summed E-state index contributed by atoms with van der Waals surface area (Å²) in [5.41, 5.74) is 0.543. The maximum Gasteiger partial charge on any atom is 0.417 e. The number of hydrogen-bond donors (Lipinski definition) is 1. The number of aryl methyl sites for hydroxylation is 1. The van der Waals surface area contributed by atoms with Crippen LogP contribution in [0.25, 0.3) is 11.5 Å². The number of hydrogen-bond acceptors (Lipinski definition) is 4. The van der Waals surface area contributed by atoms with Crippen molar-refractivity contribution in [3.63, 3.8) is 0 Å². The van der Waals surface area contributed by atoms with Crippen LogP contribution in [0.2, 0.25) is 5.02 Å². The average molecular weight is 438 g/mol. The van der Waals surface area contributed by atoms with Crippen LogP contribution in [0.5, 0.6) is 0 Å². The van der Waals surface area contributed by atoms with Crippen molar-refractivity contribution >= 4 is 23.2 Å². The molecule has 0 radical (unpaired) electrons. The van der Waals surface area contributed by atoms with Gasteiger partial charge < -0.3 is 9.73 Å². The van der Waals surface area contributed by atoms with Crippen LogP contribution >= 0.6 is 11.6 Å². The van der Waals surface area contributed by atoms with E-state index in [2.05, 4.69) is 10.3 Å². The molecule has 158 valence electrons. The summed E-state index contributed by atoms with van der Waals surface area (Å²) in [4.78, 5) is 18.4. The number of alkyl halides is 3. The molecular weight excluding hydrogens is 419 g/mol. The lowest BCUT2D eigenvalue weighted by Crippen LogP contribution is -2.30. The Morgan fingerprint density at radius 1 is 1.20 bits per heavy atom. The number of likely N-dealkylation sites (N-methyl/N-ethyl adjacent to an activating group) is 1. The fraction of sp³-hybridized carbons (Fsp3) is 0.238. The third-order valence-corrected chi connectivity index (χ3v) is 4.63. The van der Waals surface area contributed by atoms with Crippen molar-refractivity contribution in [2.45, 2.75) is 19.6 Å². The summed E-state index contributed by atoms with van der Waals surface area (Å²) in [6.45, 7) is 2.08. The fourth-order valence-electron chi connectivity index (χ4n) is 2.86. The molecule has 1 aromatic heterocycles. The Morgan fingerprint density at radius 3 is 2.57 bits per heavy atom. The number of nitrogens with zero attached hydrogens (tertiary/aromatic N) is 2. The fourth-order valence-corrected chi connectivity index (χ4v) is 3.08. The van der Waals surface area contributed by atoms with Gasteiger partial charge in [0.15, 0.2) is 0 Å². The second kappa shape index (κ2) is 8.89. The highest BCUT2D eigenvalue weighted by Crippen LogP contribution is 2.36. The number of carbonyl (C=O) groups is 1. The molecule has 2 aromatic carbocycles. The molecule has 1 heterocycles. The quantitative estimate of drug-likeness (QED) is 0.561. The molecule has 1 amide bonds. The Morgan fingerprint density at radius 2 is 1.90 bits per heavy atom. The van der Waals surface area contributed by atoms with E-state index in [1.165, 1.54) is 6.07 Å². The van der Waals surface area contributed by atoms with Gasteiger partial charge in [0.25, 0.3) is 0 Å². The van der Waals surface area contributed by atoms with E-state index < -0.39 is 22.7 Å². The minimum absolute atomic E-state index is 0.0223. The van der Waals surface area contributed by atoms with E-state index in [1.807, 2.05) is 30.3 Å². The first-order valence-corrected chi connectivity index (χ1v) is 9.38. The molecule has 30 heavy (non-hydrogen) atoms. The van der Waals surface area contributed by atoms with E-state index in [1.54, 1.807) is 18.9 Å². The molecule has 0 aliphatic rings. The van der Waals surface area contributed by atoms with E-state index >= 15 is 0 Å². The van der Waals surface area contributed by atoms with Crippen molar-refractivity contribution < 1.29 is 22.4 Å². The third-order valence-electron chi connectivity index (χ3n) is 4.30. The summed E-state index contributed by atoms with van der Waals surface area (Å²) in [6, 6.07) is 12.7. The standard InChI is InChI=1S/C21H19ClF3N3O2/c1-13-18(27-20(30-13)14-6-4-3-5-7-14)11-28(2)12-19(29)26-15-8-9-17(22)16(10-15)21(23,24)25/h3-10H,11-12H2,1-2H3,(H,26,29). The van der Waals surface area contributed by atoms with Crippen LogP contribution in [0.15, 0.2) is 52.9 Å². The smallest absolute Gasteiger partial charge is 0.417 e.